The second-order valence-electron chi connectivity index (χ2n) is 4.57. The molecule has 0 bridgehead atoms. The lowest BCUT2D eigenvalue weighted by atomic mass is 10.0. The molecule has 3 heterocycles. The van der Waals surface area contributed by atoms with Crippen molar-refractivity contribution in [2.75, 3.05) is 18.6 Å². The lowest BCUT2D eigenvalue weighted by molar-refractivity contribution is 0.0838. The smallest absolute Gasteiger partial charge is 0.181 e. The quantitative estimate of drug-likeness (QED) is 0.534. The zero-order valence-corrected chi connectivity index (χ0v) is 11.5. The molecule has 2 aromatic heterocycles. The van der Waals surface area contributed by atoms with Gasteiger partial charge in [-0.25, -0.2) is 15.0 Å². The van der Waals surface area contributed by atoms with Crippen molar-refractivity contribution in [2.45, 2.75) is 12.8 Å². The Labute approximate surface area is 121 Å². The van der Waals surface area contributed by atoms with Gasteiger partial charge in [0.2, 0.25) is 0 Å². The molecule has 0 spiro atoms. The van der Waals surface area contributed by atoms with Crippen LogP contribution in [0.2, 0.25) is 5.15 Å². The van der Waals surface area contributed by atoms with Gasteiger partial charge in [0.15, 0.2) is 11.5 Å². The van der Waals surface area contributed by atoms with Crippen LogP contribution in [0.4, 0.5) is 5.82 Å². The molecular formula is C13H14ClN5O. The molecule has 0 atom stereocenters. The maximum atomic E-state index is 5.84. The normalized spacial score (nSPS) is 16.9. The Balaban J connectivity index is 1.69. The zero-order valence-electron chi connectivity index (χ0n) is 10.8. The van der Waals surface area contributed by atoms with Crippen molar-refractivity contribution in [1.29, 1.82) is 0 Å². The number of nitrogens with one attached hydrogen (secondary N) is 1. The predicted octanol–water partition coefficient (Wildman–Crippen LogP) is 2.50. The number of nitrogens with zero attached hydrogens (tertiary/aromatic N) is 4. The summed E-state index contributed by atoms with van der Waals surface area (Å²) in [6.07, 6.45) is 5.54. The molecule has 2 aromatic rings. The summed E-state index contributed by atoms with van der Waals surface area (Å²) in [5.41, 5.74) is 4.08. The molecule has 0 unspecified atom stereocenters. The minimum Gasteiger partial charge on any atom is -0.381 e. The van der Waals surface area contributed by atoms with Gasteiger partial charge in [0.25, 0.3) is 0 Å². The fraction of sp³-hybridized carbons (Fsp3) is 0.385. The van der Waals surface area contributed by atoms with Gasteiger partial charge >= 0.3 is 0 Å². The minimum absolute atomic E-state index is 0.398. The molecular weight excluding hydrogens is 278 g/mol. The van der Waals surface area contributed by atoms with Crippen LogP contribution >= 0.6 is 11.6 Å². The first-order valence-corrected chi connectivity index (χ1v) is 6.85. The molecule has 0 aliphatic carbocycles. The Morgan fingerprint density at radius 2 is 2.15 bits per heavy atom. The number of fused-ring (bicyclic) bond motifs is 1. The molecule has 0 radical (unpaired) electrons. The first-order valence-electron chi connectivity index (χ1n) is 6.47. The first-order chi connectivity index (χ1) is 9.81. The summed E-state index contributed by atoms with van der Waals surface area (Å²) in [5, 5.41) is 4.60. The van der Waals surface area contributed by atoms with Gasteiger partial charge in [0.1, 0.15) is 10.7 Å². The van der Waals surface area contributed by atoms with Crippen molar-refractivity contribution in [1.82, 2.24) is 15.0 Å². The number of hydrogen-bond donors (Lipinski definition) is 1. The van der Waals surface area contributed by atoms with Crippen LogP contribution in [-0.2, 0) is 4.74 Å². The maximum absolute atomic E-state index is 5.84. The lowest BCUT2D eigenvalue weighted by Crippen LogP contribution is -2.17. The minimum atomic E-state index is 0.398. The van der Waals surface area contributed by atoms with Crippen LogP contribution in [0.1, 0.15) is 12.8 Å². The van der Waals surface area contributed by atoms with Crippen LogP contribution in [0.15, 0.2) is 23.4 Å². The van der Waals surface area contributed by atoms with Gasteiger partial charge in [0, 0.05) is 25.3 Å². The van der Waals surface area contributed by atoms with Gasteiger partial charge in [-0.2, -0.15) is 5.10 Å². The van der Waals surface area contributed by atoms with Gasteiger partial charge in [-0.3, -0.25) is 5.43 Å². The topological polar surface area (TPSA) is 72.3 Å². The highest BCUT2D eigenvalue weighted by Gasteiger charge is 2.10. The van der Waals surface area contributed by atoms with Gasteiger partial charge in [-0.15, -0.1) is 0 Å². The lowest BCUT2D eigenvalue weighted by Gasteiger charge is -2.17. The molecule has 1 saturated heterocycles. The van der Waals surface area contributed by atoms with E-state index in [9.17, 15) is 0 Å². The molecule has 1 fully saturated rings. The van der Waals surface area contributed by atoms with E-state index < -0.39 is 0 Å². The number of aromatic nitrogens is 3. The van der Waals surface area contributed by atoms with Crippen molar-refractivity contribution in [2.24, 2.45) is 11.0 Å². The monoisotopic (exact) mass is 291 g/mol. The molecule has 6 nitrogen and oxygen atoms in total. The third kappa shape index (κ3) is 3.20. The Bertz CT molecular complexity index is 627. The third-order valence-electron chi connectivity index (χ3n) is 3.10. The van der Waals surface area contributed by atoms with Crippen molar-refractivity contribution in [3.05, 3.63) is 23.5 Å². The summed E-state index contributed by atoms with van der Waals surface area (Å²) < 4.78 is 5.30. The number of ether oxygens (including phenoxy) is 1. The molecule has 104 valence electrons. The summed E-state index contributed by atoms with van der Waals surface area (Å²) in [4.78, 5) is 12.7. The van der Waals surface area contributed by atoms with Crippen molar-refractivity contribution in [3.63, 3.8) is 0 Å². The molecule has 7 heteroatoms. The van der Waals surface area contributed by atoms with E-state index in [0.717, 1.165) is 26.1 Å². The molecule has 0 saturated carbocycles. The van der Waals surface area contributed by atoms with Gasteiger partial charge in [-0.05, 0) is 25.0 Å². The van der Waals surface area contributed by atoms with E-state index in [2.05, 4.69) is 25.5 Å². The Hall–Kier alpha value is -1.79. The van der Waals surface area contributed by atoms with Crippen molar-refractivity contribution >= 4 is 34.8 Å². The number of hydrazone groups is 1. The largest absolute Gasteiger partial charge is 0.381 e. The Kier molecular flexibility index (Phi) is 4.03. The summed E-state index contributed by atoms with van der Waals surface area (Å²) >= 11 is 5.84. The Morgan fingerprint density at radius 1 is 1.30 bits per heavy atom. The van der Waals surface area contributed by atoms with Gasteiger partial charge in [0.05, 0.1) is 6.20 Å². The van der Waals surface area contributed by atoms with E-state index in [0.29, 0.717) is 28.1 Å². The number of pyridine rings is 1. The van der Waals surface area contributed by atoms with Crippen LogP contribution in [0, 0.1) is 5.92 Å². The molecule has 1 aliphatic heterocycles. The van der Waals surface area contributed by atoms with E-state index in [1.807, 2.05) is 6.21 Å². The van der Waals surface area contributed by atoms with Gasteiger partial charge in [-0.1, -0.05) is 11.6 Å². The second kappa shape index (κ2) is 6.11. The zero-order chi connectivity index (χ0) is 13.8. The predicted molar refractivity (Wildman–Crippen MR) is 78.0 cm³/mol. The van der Waals surface area contributed by atoms with E-state index >= 15 is 0 Å². The summed E-state index contributed by atoms with van der Waals surface area (Å²) in [7, 11) is 0. The number of hydrogen-bond acceptors (Lipinski definition) is 6. The SMILES string of the molecule is Clc1ccc2ncc(N/N=C/C3CCOCC3)nc2n1. The second-order valence-corrected chi connectivity index (χ2v) is 4.96. The van der Waals surface area contributed by atoms with Crippen molar-refractivity contribution in [3.8, 4) is 0 Å². The average molecular weight is 292 g/mol. The van der Waals surface area contributed by atoms with E-state index in [1.54, 1.807) is 18.3 Å². The highest BCUT2D eigenvalue weighted by Crippen LogP contribution is 2.14. The number of rotatable bonds is 3. The summed E-state index contributed by atoms with van der Waals surface area (Å²) in [5.74, 6) is 1.01. The van der Waals surface area contributed by atoms with Crippen LogP contribution in [0.5, 0.6) is 0 Å². The van der Waals surface area contributed by atoms with Crippen LogP contribution in [0.25, 0.3) is 11.2 Å². The average Bonchev–Trinajstić information content (AvgIpc) is 2.48. The Morgan fingerprint density at radius 3 is 3.00 bits per heavy atom. The fourth-order valence-electron chi connectivity index (χ4n) is 2.00. The molecule has 1 N–H and O–H groups in total. The highest BCUT2D eigenvalue weighted by atomic mass is 35.5. The summed E-state index contributed by atoms with van der Waals surface area (Å²) in [6, 6.07) is 3.47. The molecule has 0 amide bonds. The molecule has 1 aliphatic rings. The summed E-state index contributed by atoms with van der Waals surface area (Å²) in [6.45, 7) is 1.60. The number of anilines is 1. The van der Waals surface area contributed by atoms with E-state index in [1.165, 1.54) is 0 Å². The molecule has 0 aromatic carbocycles. The molecule has 20 heavy (non-hydrogen) atoms. The fourth-order valence-corrected chi connectivity index (χ4v) is 2.15. The number of halogens is 1. The van der Waals surface area contributed by atoms with Crippen LogP contribution < -0.4 is 5.43 Å². The van der Waals surface area contributed by atoms with E-state index in [-0.39, 0.29) is 0 Å². The van der Waals surface area contributed by atoms with Crippen LogP contribution in [-0.4, -0.2) is 34.4 Å². The third-order valence-corrected chi connectivity index (χ3v) is 3.31. The first kappa shape index (κ1) is 13.2. The van der Waals surface area contributed by atoms with Crippen LogP contribution in [0.3, 0.4) is 0 Å². The van der Waals surface area contributed by atoms with Crippen molar-refractivity contribution < 1.29 is 4.74 Å². The highest BCUT2D eigenvalue weighted by molar-refractivity contribution is 6.29. The maximum Gasteiger partial charge on any atom is 0.181 e. The molecule has 3 rings (SSSR count). The van der Waals surface area contributed by atoms with E-state index in [4.69, 9.17) is 16.3 Å². The van der Waals surface area contributed by atoms with Gasteiger partial charge < -0.3 is 4.74 Å². The standard InChI is InChI=1S/C13H14ClN5O/c14-11-2-1-10-13(17-11)18-12(8-15-10)19-16-7-9-3-5-20-6-4-9/h1-2,7-9H,3-6H2,(H,17,18,19)/b16-7+.